The van der Waals surface area contributed by atoms with Gasteiger partial charge in [-0.2, -0.15) is 4.98 Å². The van der Waals surface area contributed by atoms with E-state index in [0.29, 0.717) is 24.9 Å². The Morgan fingerprint density at radius 2 is 2.06 bits per heavy atom. The number of nitrogens with zero attached hydrogens (tertiary/aromatic N) is 2. The molecule has 1 atom stereocenters. The van der Waals surface area contributed by atoms with E-state index in [1.807, 2.05) is 44.2 Å². The van der Waals surface area contributed by atoms with Gasteiger partial charge in [-0.05, 0) is 19.4 Å². The van der Waals surface area contributed by atoms with Crippen LogP contribution < -0.4 is 5.73 Å². The first-order valence-corrected chi connectivity index (χ1v) is 5.89. The monoisotopic (exact) mass is 247 g/mol. The van der Waals surface area contributed by atoms with Gasteiger partial charge in [0.25, 0.3) is 5.89 Å². The lowest BCUT2D eigenvalue weighted by Gasteiger charge is -2.20. The Morgan fingerprint density at radius 1 is 1.33 bits per heavy atom. The van der Waals surface area contributed by atoms with Gasteiger partial charge in [0.2, 0.25) is 0 Å². The van der Waals surface area contributed by atoms with Gasteiger partial charge in [-0.15, -0.1) is 0 Å². The highest BCUT2D eigenvalue weighted by molar-refractivity contribution is 5.28. The third-order valence-electron chi connectivity index (χ3n) is 2.72. The van der Waals surface area contributed by atoms with E-state index >= 15 is 0 Å². The fourth-order valence-electron chi connectivity index (χ4n) is 1.62. The highest BCUT2D eigenvalue weighted by Gasteiger charge is 2.30. The number of nitrogens with two attached hydrogens (primary N) is 1. The summed E-state index contributed by atoms with van der Waals surface area (Å²) in [6.45, 7) is 4.71. The summed E-state index contributed by atoms with van der Waals surface area (Å²) in [5.41, 5.74) is 6.40. The predicted octanol–water partition coefficient (Wildman–Crippen LogP) is 1.83. The Balaban J connectivity index is 2.22. The van der Waals surface area contributed by atoms with E-state index in [-0.39, 0.29) is 0 Å². The number of benzene rings is 1. The molecule has 0 fully saturated rings. The van der Waals surface area contributed by atoms with Crippen molar-refractivity contribution in [3.05, 3.63) is 47.6 Å². The predicted molar refractivity (Wildman–Crippen MR) is 66.7 cm³/mol. The lowest BCUT2D eigenvalue weighted by Crippen LogP contribution is -2.34. The van der Waals surface area contributed by atoms with Gasteiger partial charge in [-0.25, -0.2) is 0 Å². The summed E-state index contributed by atoms with van der Waals surface area (Å²) >= 11 is 0. The van der Waals surface area contributed by atoms with Crippen molar-refractivity contribution in [2.24, 2.45) is 5.73 Å². The van der Waals surface area contributed by atoms with Crippen LogP contribution in [0.5, 0.6) is 0 Å². The zero-order valence-electron chi connectivity index (χ0n) is 10.6. The van der Waals surface area contributed by atoms with E-state index < -0.39 is 5.54 Å². The number of hydrogen-bond donors (Lipinski definition) is 1. The Bertz CT molecular complexity index is 494. The largest absolute Gasteiger partial charge is 0.374 e. The van der Waals surface area contributed by atoms with Crippen LogP contribution in [0.3, 0.4) is 0 Å². The molecule has 0 aliphatic carbocycles. The fourth-order valence-corrected chi connectivity index (χ4v) is 1.62. The molecule has 2 N–H and O–H groups in total. The van der Waals surface area contributed by atoms with Crippen LogP contribution in [0, 0.1) is 0 Å². The SMILES string of the molecule is CCOCc1noc(C(C)(N)c2ccccc2)n1. The summed E-state index contributed by atoms with van der Waals surface area (Å²) in [5.74, 6) is 0.905. The van der Waals surface area contributed by atoms with Crippen LogP contribution in [0.2, 0.25) is 0 Å². The van der Waals surface area contributed by atoms with Gasteiger partial charge in [0.15, 0.2) is 5.82 Å². The van der Waals surface area contributed by atoms with Crippen molar-refractivity contribution in [3.63, 3.8) is 0 Å². The van der Waals surface area contributed by atoms with E-state index in [0.717, 1.165) is 5.56 Å². The molecule has 2 rings (SSSR count). The summed E-state index contributed by atoms with van der Waals surface area (Å²) in [5, 5.41) is 3.85. The highest BCUT2D eigenvalue weighted by atomic mass is 16.5. The average Bonchev–Trinajstić information content (AvgIpc) is 2.87. The van der Waals surface area contributed by atoms with Gasteiger partial charge in [0, 0.05) is 6.61 Å². The van der Waals surface area contributed by atoms with Crippen molar-refractivity contribution in [1.29, 1.82) is 0 Å². The number of ether oxygens (including phenoxy) is 1. The maximum Gasteiger partial charge on any atom is 0.251 e. The number of rotatable bonds is 5. The molecule has 0 aliphatic rings. The van der Waals surface area contributed by atoms with Crippen molar-refractivity contribution >= 4 is 0 Å². The molecule has 0 saturated heterocycles. The minimum absolute atomic E-state index is 0.338. The molecule has 0 amide bonds. The maximum absolute atomic E-state index is 6.26. The molecule has 5 heteroatoms. The molecule has 18 heavy (non-hydrogen) atoms. The van der Waals surface area contributed by atoms with Crippen LogP contribution in [0.4, 0.5) is 0 Å². The Hall–Kier alpha value is -1.72. The fraction of sp³-hybridized carbons (Fsp3) is 0.385. The Kier molecular flexibility index (Phi) is 3.74. The molecule has 1 aromatic carbocycles. The quantitative estimate of drug-likeness (QED) is 0.872. The van der Waals surface area contributed by atoms with Gasteiger partial charge in [-0.1, -0.05) is 35.5 Å². The van der Waals surface area contributed by atoms with Crippen molar-refractivity contribution in [2.75, 3.05) is 6.61 Å². The summed E-state index contributed by atoms with van der Waals surface area (Å²) in [6.07, 6.45) is 0. The van der Waals surface area contributed by atoms with Crippen LogP contribution in [-0.2, 0) is 16.9 Å². The Morgan fingerprint density at radius 3 is 2.72 bits per heavy atom. The first kappa shape index (κ1) is 12.7. The van der Waals surface area contributed by atoms with Gasteiger partial charge < -0.3 is 15.0 Å². The van der Waals surface area contributed by atoms with Crippen molar-refractivity contribution in [2.45, 2.75) is 26.0 Å². The van der Waals surface area contributed by atoms with E-state index in [2.05, 4.69) is 10.1 Å². The first-order valence-electron chi connectivity index (χ1n) is 5.89. The molecule has 5 nitrogen and oxygen atoms in total. The minimum Gasteiger partial charge on any atom is -0.374 e. The lowest BCUT2D eigenvalue weighted by atomic mass is 9.93. The van der Waals surface area contributed by atoms with Crippen LogP contribution in [0.25, 0.3) is 0 Å². The second-order valence-electron chi connectivity index (χ2n) is 4.22. The molecule has 96 valence electrons. The molecule has 0 radical (unpaired) electrons. The third-order valence-corrected chi connectivity index (χ3v) is 2.72. The topological polar surface area (TPSA) is 74.2 Å². The van der Waals surface area contributed by atoms with Crippen LogP contribution >= 0.6 is 0 Å². The van der Waals surface area contributed by atoms with Crippen molar-refractivity contribution < 1.29 is 9.26 Å². The normalized spacial score (nSPS) is 14.4. The standard InChI is InChI=1S/C13H17N3O2/c1-3-17-9-11-15-12(18-16-11)13(2,14)10-7-5-4-6-8-10/h4-8H,3,9,14H2,1-2H3. The summed E-state index contributed by atoms with van der Waals surface area (Å²) < 4.78 is 10.4. The van der Waals surface area contributed by atoms with E-state index in [4.69, 9.17) is 15.0 Å². The number of aromatic nitrogens is 2. The third kappa shape index (κ3) is 2.57. The molecule has 2 aromatic rings. The average molecular weight is 247 g/mol. The zero-order valence-corrected chi connectivity index (χ0v) is 10.6. The first-order chi connectivity index (χ1) is 8.64. The van der Waals surface area contributed by atoms with E-state index in [1.165, 1.54) is 0 Å². The van der Waals surface area contributed by atoms with E-state index in [9.17, 15) is 0 Å². The lowest BCUT2D eigenvalue weighted by molar-refractivity contribution is 0.126. The zero-order chi connectivity index (χ0) is 13.0. The minimum atomic E-state index is -0.793. The highest BCUT2D eigenvalue weighted by Crippen LogP contribution is 2.24. The molecule has 1 heterocycles. The summed E-state index contributed by atoms with van der Waals surface area (Å²) in [7, 11) is 0. The molecule has 1 unspecified atom stereocenters. The number of hydrogen-bond acceptors (Lipinski definition) is 5. The summed E-state index contributed by atoms with van der Waals surface area (Å²) in [6, 6.07) is 9.67. The molecule has 0 spiro atoms. The van der Waals surface area contributed by atoms with Gasteiger partial charge in [-0.3, -0.25) is 0 Å². The molecule has 0 saturated carbocycles. The molecular weight excluding hydrogens is 230 g/mol. The smallest absolute Gasteiger partial charge is 0.251 e. The second kappa shape index (κ2) is 5.29. The molecular formula is C13H17N3O2. The van der Waals surface area contributed by atoms with Crippen LogP contribution in [0.15, 0.2) is 34.9 Å². The van der Waals surface area contributed by atoms with Gasteiger partial charge in [0.05, 0.1) is 0 Å². The molecule has 0 aliphatic heterocycles. The molecule has 1 aromatic heterocycles. The van der Waals surface area contributed by atoms with Crippen LogP contribution in [-0.4, -0.2) is 16.7 Å². The molecule has 0 bridgehead atoms. The maximum atomic E-state index is 6.26. The van der Waals surface area contributed by atoms with Crippen molar-refractivity contribution in [1.82, 2.24) is 10.1 Å². The van der Waals surface area contributed by atoms with Crippen LogP contribution in [0.1, 0.15) is 31.1 Å². The van der Waals surface area contributed by atoms with Crippen molar-refractivity contribution in [3.8, 4) is 0 Å². The second-order valence-corrected chi connectivity index (χ2v) is 4.22. The van der Waals surface area contributed by atoms with Gasteiger partial charge >= 0.3 is 0 Å². The summed E-state index contributed by atoms with van der Waals surface area (Å²) in [4.78, 5) is 4.27. The van der Waals surface area contributed by atoms with E-state index in [1.54, 1.807) is 0 Å². The van der Waals surface area contributed by atoms with Gasteiger partial charge in [0.1, 0.15) is 12.1 Å². The Labute approximate surface area is 106 Å².